The molecule has 0 aliphatic heterocycles. The number of aromatic nitrogens is 3. The van der Waals surface area contributed by atoms with Gasteiger partial charge < -0.3 is 19.4 Å². The van der Waals surface area contributed by atoms with Crippen molar-refractivity contribution in [1.29, 1.82) is 0 Å². The van der Waals surface area contributed by atoms with Gasteiger partial charge in [0.15, 0.2) is 17.1 Å². The number of aryl methyl sites for hydroxylation is 2. The summed E-state index contributed by atoms with van der Waals surface area (Å²) in [5.74, 6) is 2.28. The number of methoxy groups -OCH3 is 1. The molecule has 170 valence electrons. The van der Waals surface area contributed by atoms with E-state index in [-0.39, 0.29) is 23.8 Å². The number of hydrogen-bond donors (Lipinski definition) is 1. The van der Waals surface area contributed by atoms with Crippen LogP contribution >= 0.6 is 11.8 Å². The first-order valence-electron chi connectivity index (χ1n) is 10.5. The number of ether oxygens (including phenoxy) is 2. The quantitative estimate of drug-likeness (QED) is 0.439. The zero-order chi connectivity index (χ0) is 23.3. The summed E-state index contributed by atoms with van der Waals surface area (Å²) < 4.78 is 13.4. The lowest BCUT2D eigenvalue weighted by molar-refractivity contribution is -0.113. The topological polar surface area (TPSA) is 78.3 Å². The minimum atomic E-state index is -0.323. The van der Waals surface area contributed by atoms with E-state index in [9.17, 15) is 4.79 Å². The van der Waals surface area contributed by atoms with Gasteiger partial charge in [-0.15, -0.1) is 10.2 Å². The zero-order valence-electron chi connectivity index (χ0n) is 19.4. The van der Waals surface area contributed by atoms with Crippen molar-refractivity contribution in [3.05, 3.63) is 59.4 Å². The van der Waals surface area contributed by atoms with E-state index in [1.807, 2.05) is 67.8 Å². The lowest BCUT2D eigenvalue weighted by Gasteiger charge is -2.19. The minimum absolute atomic E-state index is 0.0845. The number of rotatable bonds is 9. The van der Waals surface area contributed by atoms with Gasteiger partial charge in [-0.05, 0) is 70.0 Å². The summed E-state index contributed by atoms with van der Waals surface area (Å²) >= 11 is 1.36. The van der Waals surface area contributed by atoms with E-state index in [0.717, 1.165) is 17.0 Å². The Hall–Kier alpha value is -3.00. The number of hydrogen-bond acceptors (Lipinski definition) is 6. The van der Waals surface area contributed by atoms with Crippen LogP contribution in [0.4, 0.5) is 5.69 Å². The molecule has 0 saturated carbocycles. The SMILES string of the molecule is COc1cccc(OC(C)c2nnc(SCC(=O)Nc3ccc(C)c(C)c3)n2C(C)C)c1. The van der Waals surface area contributed by atoms with Crippen LogP contribution in [0.25, 0.3) is 0 Å². The molecule has 0 spiro atoms. The average molecular weight is 455 g/mol. The Morgan fingerprint density at radius 3 is 2.50 bits per heavy atom. The van der Waals surface area contributed by atoms with Gasteiger partial charge in [0.25, 0.3) is 0 Å². The number of anilines is 1. The molecule has 3 rings (SSSR count). The summed E-state index contributed by atoms with van der Waals surface area (Å²) in [7, 11) is 1.62. The number of nitrogens with one attached hydrogen (secondary N) is 1. The first-order valence-corrected chi connectivity index (χ1v) is 11.5. The van der Waals surface area contributed by atoms with Gasteiger partial charge >= 0.3 is 0 Å². The monoisotopic (exact) mass is 454 g/mol. The van der Waals surface area contributed by atoms with Gasteiger partial charge in [-0.1, -0.05) is 23.9 Å². The Morgan fingerprint density at radius 1 is 1.06 bits per heavy atom. The fraction of sp³-hybridized carbons (Fsp3) is 0.375. The number of carbonyl (C=O) groups excluding carboxylic acids is 1. The first-order chi connectivity index (χ1) is 15.3. The summed E-state index contributed by atoms with van der Waals surface area (Å²) in [6.07, 6.45) is -0.323. The Bertz CT molecular complexity index is 1080. The van der Waals surface area contributed by atoms with Crippen LogP contribution in [0.3, 0.4) is 0 Å². The first kappa shape index (κ1) is 23.7. The van der Waals surface area contributed by atoms with E-state index in [1.54, 1.807) is 7.11 Å². The second kappa shape index (κ2) is 10.5. The van der Waals surface area contributed by atoms with E-state index >= 15 is 0 Å². The molecule has 3 aromatic rings. The second-order valence-electron chi connectivity index (χ2n) is 7.88. The van der Waals surface area contributed by atoms with Crippen molar-refractivity contribution >= 4 is 23.4 Å². The van der Waals surface area contributed by atoms with E-state index in [1.165, 1.54) is 17.3 Å². The molecule has 1 aromatic heterocycles. The summed E-state index contributed by atoms with van der Waals surface area (Å²) in [6, 6.07) is 13.5. The predicted molar refractivity (Wildman–Crippen MR) is 128 cm³/mol. The van der Waals surface area contributed by atoms with Crippen LogP contribution in [-0.4, -0.2) is 33.5 Å². The number of amides is 1. The fourth-order valence-electron chi connectivity index (χ4n) is 3.23. The molecule has 0 aliphatic carbocycles. The Morgan fingerprint density at radius 2 is 1.81 bits per heavy atom. The Labute approximate surface area is 193 Å². The minimum Gasteiger partial charge on any atom is -0.497 e. The van der Waals surface area contributed by atoms with Crippen molar-refractivity contribution in [1.82, 2.24) is 14.8 Å². The highest BCUT2D eigenvalue weighted by Gasteiger charge is 2.22. The molecule has 1 unspecified atom stereocenters. The van der Waals surface area contributed by atoms with E-state index in [0.29, 0.717) is 16.7 Å². The molecule has 0 radical (unpaired) electrons. The maximum absolute atomic E-state index is 12.5. The van der Waals surface area contributed by atoms with Crippen molar-refractivity contribution < 1.29 is 14.3 Å². The van der Waals surface area contributed by atoms with Gasteiger partial charge in [-0.2, -0.15) is 0 Å². The number of thioether (sulfide) groups is 1. The summed E-state index contributed by atoms with van der Waals surface area (Å²) in [5.41, 5.74) is 3.13. The number of nitrogens with zero attached hydrogens (tertiary/aromatic N) is 3. The normalized spacial score (nSPS) is 12.0. The molecule has 0 aliphatic rings. The van der Waals surface area contributed by atoms with Crippen molar-refractivity contribution in [3.8, 4) is 11.5 Å². The van der Waals surface area contributed by atoms with Crippen molar-refractivity contribution in [2.24, 2.45) is 0 Å². The molecule has 1 atom stereocenters. The van der Waals surface area contributed by atoms with Gasteiger partial charge in [-0.25, -0.2) is 0 Å². The van der Waals surface area contributed by atoms with Gasteiger partial charge in [0.05, 0.1) is 12.9 Å². The molecule has 1 N–H and O–H groups in total. The molecule has 1 heterocycles. The standard InChI is InChI=1S/C24H30N4O3S/c1-15(2)28-23(18(5)31-21-9-7-8-20(13-21)30-6)26-27-24(28)32-14-22(29)25-19-11-10-16(3)17(4)12-19/h7-13,15,18H,14H2,1-6H3,(H,25,29). The van der Waals surface area contributed by atoms with Crippen LogP contribution < -0.4 is 14.8 Å². The van der Waals surface area contributed by atoms with Crippen LogP contribution in [0.2, 0.25) is 0 Å². The lowest BCUT2D eigenvalue weighted by Crippen LogP contribution is -2.16. The summed E-state index contributed by atoms with van der Waals surface area (Å²) in [6.45, 7) is 10.1. The maximum atomic E-state index is 12.5. The number of carbonyl (C=O) groups is 1. The highest BCUT2D eigenvalue weighted by molar-refractivity contribution is 7.99. The molecular formula is C24H30N4O3S. The molecule has 1 amide bonds. The van der Waals surface area contributed by atoms with Crippen molar-refractivity contribution in [2.75, 3.05) is 18.2 Å². The van der Waals surface area contributed by atoms with E-state index < -0.39 is 0 Å². The largest absolute Gasteiger partial charge is 0.497 e. The van der Waals surface area contributed by atoms with Crippen molar-refractivity contribution in [3.63, 3.8) is 0 Å². The van der Waals surface area contributed by atoms with Crippen LogP contribution in [0.15, 0.2) is 47.6 Å². The molecule has 7 nitrogen and oxygen atoms in total. The molecule has 32 heavy (non-hydrogen) atoms. The van der Waals surface area contributed by atoms with Gasteiger partial charge in [0, 0.05) is 17.8 Å². The molecular weight excluding hydrogens is 424 g/mol. The van der Waals surface area contributed by atoms with Gasteiger partial charge in [0.1, 0.15) is 11.5 Å². The van der Waals surface area contributed by atoms with Crippen LogP contribution in [0.5, 0.6) is 11.5 Å². The molecule has 8 heteroatoms. The molecule has 2 aromatic carbocycles. The van der Waals surface area contributed by atoms with Crippen molar-refractivity contribution in [2.45, 2.75) is 51.9 Å². The second-order valence-corrected chi connectivity index (χ2v) is 8.82. The van der Waals surface area contributed by atoms with Gasteiger partial charge in [-0.3, -0.25) is 4.79 Å². The summed E-state index contributed by atoms with van der Waals surface area (Å²) in [4.78, 5) is 12.5. The highest BCUT2D eigenvalue weighted by Crippen LogP contribution is 2.29. The highest BCUT2D eigenvalue weighted by atomic mass is 32.2. The van der Waals surface area contributed by atoms with Crippen LogP contribution in [0, 0.1) is 13.8 Å². The third-order valence-corrected chi connectivity index (χ3v) is 5.99. The molecule has 0 fully saturated rings. The van der Waals surface area contributed by atoms with E-state index in [2.05, 4.69) is 29.4 Å². The summed E-state index contributed by atoms with van der Waals surface area (Å²) in [5, 5.41) is 12.3. The van der Waals surface area contributed by atoms with E-state index in [4.69, 9.17) is 9.47 Å². The fourth-order valence-corrected chi connectivity index (χ4v) is 4.10. The average Bonchev–Trinajstić information content (AvgIpc) is 3.19. The van der Waals surface area contributed by atoms with Gasteiger partial charge in [0.2, 0.25) is 5.91 Å². The third kappa shape index (κ3) is 5.82. The number of benzene rings is 2. The lowest BCUT2D eigenvalue weighted by atomic mass is 10.1. The smallest absolute Gasteiger partial charge is 0.234 e. The Balaban J connectivity index is 1.68. The molecule has 0 bridgehead atoms. The molecule has 0 saturated heterocycles. The predicted octanol–water partition coefficient (Wildman–Crippen LogP) is 5.36. The van der Waals surface area contributed by atoms with Crippen LogP contribution in [-0.2, 0) is 4.79 Å². The maximum Gasteiger partial charge on any atom is 0.234 e. The van der Waals surface area contributed by atoms with Crippen LogP contribution in [0.1, 0.15) is 49.9 Å². The Kier molecular flexibility index (Phi) is 7.80. The third-order valence-electron chi connectivity index (χ3n) is 5.05. The zero-order valence-corrected chi connectivity index (χ0v) is 20.2.